The minimum atomic E-state index is -3.41. The fraction of sp³-hybridized carbons (Fsp3) is 0.294. The van der Waals surface area contributed by atoms with Crippen LogP contribution >= 0.6 is 10.7 Å². The van der Waals surface area contributed by atoms with Crippen molar-refractivity contribution < 1.29 is 17.9 Å². The molecule has 0 amide bonds. The Morgan fingerprint density at radius 1 is 0.870 bits per heavy atom. The van der Waals surface area contributed by atoms with E-state index in [0.717, 1.165) is 11.3 Å². The standard InChI is InChI=1S/C17H19ClO4S/c18-23(19,20)12-5-4-11-21-16-9-6-10-17(13-16)22-14-15-7-2-1-3-8-15/h1-3,6-10,13H,4-5,11-12,14H2. The molecule has 4 nitrogen and oxygen atoms in total. The van der Waals surface area contributed by atoms with Gasteiger partial charge in [0.1, 0.15) is 18.1 Å². The van der Waals surface area contributed by atoms with Crippen molar-refractivity contribution in [1.29, 1.82) is 0 Å². The minimum absolute atomic E-state index is 0.0296. The lowest BCUT2D eigenvalue weighted by atomic mass is 10.2. The summed E-state index contributed by atoms with van der Waals surface area (Å²) in [7, 11) is 1.74. The molecule has 0 bridgehead atoms. The van der Waals surface area contributed by atoms with E-state index in [1.807, 2.05) is 54.6 Å². The maximum Gasteiger partial charge on any atom is 0.232 e. The van der Waals surface area contributed by atoms with E-state index in [1.54, 1.807) is 0 Å². The highest BCUT2D eigenvalue weighted by Crippen LogP contribution is 2.20. The lowest BCUT2D eigenvalue weighted by Gasteiger charge is -2.09. The molecule has 0 heterocycles. The molecular formula is C17H19ClO4S. The molecule has 2 aromatic carbocycles. The maximum absolute atomic E-state index is 10.8. The number of hydrogen-bond acceptors (Lipinski definition) is 4. The summed E-state index contributed by atoms with van der Waals surface area (Å²) < 4.78 is 32.9. The Labute approximate surface area is 141 Å². The van der Waals surface area contributed by atoms with Gasteiger partial charge in [-0.3, -0.25) is 0 Å². The van der Waals surface area contributed by atoms with Crippen LogP contribution in [0, 0.1) is 0 Å². The smallest absolute Gasteiger partial charge is 0.232 e. The Hall–Kier alpha value is -1.72. The summed E-state index contributed by atoms with van der Waals surface area (Å²) in [4.78, 5) is 0. The first-order valence-electron chi connectivity index (χ1n) is 7.35. The zero-order valence-electron chi connectivity index (χ0n) is 12.7. The summed E-state index contributed by atoms with van der Waals surface area (Å²) in [6, 6.07) is 17.3. The van der Waals surface area contributed by atoms with Gasteiger partial charge in [0.15, 0.2) is 0 Å². The number of unbranched alkanes of at least 4 members (excludes halogenated alkanes) is 1. The van der Waals surface area contributed by atoms with E-state index in [9.17, 15) is 8.42 Å². The Morgan fingerprint density at radius 2 is 1.57 bits per heavy atom. The molecule has 0 aliphatic carbocycles. The molecule has 2 rings (SSSR count). The molecular weight excluding hydrogens is 336 g/mol. The van der Waals surface area contributed by atoms with Gasteiger partial charge in [0.2, 0.25) is 9.05 Å². The summed E-state index contributed by atoms with van der Waals surface area (Å²) in [5.41, 5.74) is 1.10. The second kappa shape index (κ2) is 8.79. The fourth-order valence-corrected chi connectivity index (χ4v) is 2.84. The molecule has 124 valence electrons. The summed E-state index contributed by atoms with van der Waals surface area (Å²) in [5, 5.41) is 0. The molecule has 0 aliphatic rings. The zero-order chi connectivity index (χ0) is 16.5. The molecule has 0 saturated carbocycles. The van der Waals surface area contributed by atoms with Gasteiger partial charge in [-0.2, -0.15) is 0 Å². The van der Waals surface area contributed by atoms with Gasteiger partial charge >= 0.3 is 0 Å². The predicted molar refractivity (Wildman–Crippen MR) is 91.6 cm³/mol. The maximum atomic E-state index is 10.8. The fourth-order valence-electron chi connectivity index (χ4n) is 1.96. The molecule has 0 fully saturated rings. The van der Waals surface area contributed by atoms with E-state index in [1.165, 1.54) is 0 Å². The van der Waals surface area contributed by atoms with Crippen molar-refractivity contribution in [2.24, 2.45) is 0 Å². The van der Waals surface area contributed by atoms with E-state index in [2.05, 4.69) is 0 Å². The second-order valence-electron chi connectivity index (χ2n) is 5.05. The molecule has 2 aromatic rings. The molecule has 0 spiro atoms. The molecule has 0 aromatic heterocycles. The van der Waals surface area contributed by atoms with Crippen molar-refractivity contribution in [3.05, 3.63) is 60.2 Å². The summed E-state index contributed by atoms with van der Waals surface area (Å²) in [6.07, 6.45) is 1.11. The summed E-state index contributed by atoms with van der Waals surface area (Å²) in [5.74, 6) is 1.40. The molecule has 23 heavy (non-hydrogen) atoms. The zero-order valence-corrected chi connectivity index (χ0v) is 14.2. The van der Waals surface area contributed by atoms with E-state index in [4.69, 9.17) is 20.2 Å². The van der Waals surface area contributed by atoms with Crippen molar-refractivity contribution >= 4 is 19.7 Å². The van der Waals surface area contributed by atoms with Gasteiger partial charge in [-0.05, 0) is 30.5 Å². The van der Waals surface area contributed by atoms with E-state index in [0.29, 0.717) is 31.8 Å². The number of benzene rings is 2. The highest BCUT2D eigenvalue weighted by atomic mass is 35.7. The second-order valence-corrected chi connectivity index (χ2v) is 7.94. The van der Waals surface area contributed by atoms with Crippen LogP contribution in [0.15, 0.2) is 54.6 Å². The van der Waals surface area contributed by atoms with Crippen LogP contribution in [0.3, 0.4) is 0 Å². The van der Waals surface area contributed by atoms with Gasteiger partial charge in [-0.1, -0.05) is 36.4 Å². The third-order valence-electron chi connectivity index (χ3n) is 3.11. The molecule has 0 N–H and O–H groups in total. The Bertz CT molecular complexity index is 702. The van der Waals surface area contributed by atoms with Gasteiger partial charge in [0.25, 0.3) is 0 Å². The van der Waals surface area contributed by atoms with Crippen LogP contribution < -0.4 is 9.47 Å². The summed E-state index contributed by atoms with van der Waals surface area (Å²) in [6.45, 7) is 0.937. The normalized spacial score (nSPS) is 11.2. The highest BCUT2D eigenvalue weighted by Gasteiger charge is 2.04. The molecule has 0 atom stereocenters. The van der Waals surface area contributed by atoms with Crippen molar-refractivity contribution in [3.63, 3.8) is 0 Å². The van der Waals surface area contributed by atoms with Crippen molar-refractivity contribution in [2.75, 3.05) is 12.4 Å². The molecule has 0 saturated heterocycles. The topological polar surface area (TPSA) is 52.6 Å². The number of halogens is 1. The van der Waals surface area contributed by atoms with E-state index in [-0.39, 0.29) is 5.75 Å². The lowest BCUT2D eigenvalue weighted by molar-refractivity contribution is 0.292. The minimum Gasteiger partial charge on any atom is -0.493 e. The first-order valence-corrected chi connectivity index (χ1v) is 9.83. The summed E-state index contributed by atoms with van der Waals surface area (Å²) >= 11 is 0. The largest absolute Gasteiger partial charge is 0.493 e. The highest BCUT2D eigenvalue weighted by molar-refractivity contribution is 8.13. The van der Waals surface area contributed by atoms with Crippen LogP contribution in [0.5, 0.6) is 11.5 Å². The molecule has 0 unspecified atom stereocenters. The molecule has 0 aliphatic heterocycles. The van der Waals surface area contributed by atoms with Gasteiger partial charge in [-0.25, -0.2) is 8.42 Å². The molecule has 0 radical (unpaired) electrons. The van der Waals surface area contributed by atoms with Crippen LogP contribution in [-0.2, 0) is 15.7 Å². The molecule has 6 heteroatoms. The quantitative estimate of drug-likeness (QED) is 0.504. The average Bonchev–Trinajstić information content (AvgIpc) is 2.53. The van der Waals surface area contributed by atoms with Crippen molar-refractivity contribution in [3.8, 4) is 11.5 Å². The number of hydrogen-bond donors (Lipinski definition) is 0. The monoisotopic (exact) mass is 354 g/mol. The number of rotatable bonds is 9. The first kappa shape index (κ1) is 17.6. The van der Waals surface area contributed by atoms with Crippen LogP contribution in [0.1, 0.15) is 18.4 Å². The van der Waals surface area contributed by atoms with Crippen LogP contribution in [0.25, 0.3) is 0 Å². The predicted octanol–water partition coefficient (Wildman–Crippen LogP) is 3.99. The van der Waals surface area contributed by atoms with Crippen LogP contribution in [0.4, 0.5) is 0 Å². The van der Waals surface area contributed by atoms with Gasteiger partial charge in [-0.15, -0.1) is 0 Å². The van der Waals surface area contributed by atoms with Crippen LogP contribution in [-0.4, -0.2) is 20.8 Å². The van der Waals surface area contributed by atoms with E-state index < -0.39 is 9.05 Å². The van der Waals surface area contributed by atoms with Gasteiger partial charge < -0.3 is 9.47 Å². The number of ether oxygens (including phenoxy) is 2. The van der Waals surface area contributed by atoms with E-state index >= 15 is 0 Å². The third kappa shape index (κ3) is 7.39. The Kier molecular flexibility index (Phi) is 6.74. The SMILES string of the molecule is O=S(=O)(Cl)CCCCOc1cccc(OCc2ccccc2)c1. The average molecular weight is 355 g/mol. The third-order valence-corrected chi connectivity index (χ3v) is 4.34. The lowest BCUT2D eigenvalue weighted by Crippen LogP contribution is -2.02. The Morgan fingerprint density at radius 3 is 2.26 bits per heavy atom. The van der Waals surface area contributed by atoms with Gasteiger partial charge in [0.05, 0.1) is 12.4 Å². The first-order chi connectivity index (χ1) is 11.0. The Balaban J connectivity index is 1.76. The van der Waals surface area contributed by atoms with Gasteiger partial charge in [0, 0.05) is 16.7 Å². The van der Waals surface area contributed by atoms with Crippen molar-refractivity contribution in [1.82, 2.24) is 0 Å². The van der Waals surface area contributed by atoms with Crippen molar-refractivity contribution in [2.45, 2.75) is 19.4 Å². The van der Waals surface area contributed by atoms with Crippen LogP contribution in [0.2, 0.25) is 0 Å².